The number of para-hydroxylation sites is 2. The first-order valence-corrected chi connectivity index (χ1v) is 7.86. The molecule has 3 aromatic carbocycles. The highest BCUT2D eigenvalue weighted by atomic mass is 16.5. The van der Waals surface area contributed by atoms with E-state index in [0.29, 0.717) is 23.6 Å². The van der Waals surface area contributed by atoms with Gasteiger partial charge in [0.15, 0.2) is 0 Å². The molecule has 0 aliphatic carbocycles. The third kappa shape index (κ3) is 4.02. The largest absolute Gasteiger partial charge is 0.487 e. The Morgan fingerprint density at radius 1 is 0.917 bits per heavy atom. The molecule has 0 spiro atoms. The lowest BCUT2D eigenvalue weighted by molar-refractivity contribution is 0.102. The van der Waals surface area contributed by atoms with E-state index in [9.17, 15) is 4.79 Å². The van der Waals surface area contributed by atoms with Crippen LogP contribution in [-0.4, -0.2) is 5.91 Å². The van der Waals surface area contributed by atoms with Crippen molar-refractivity contribution in [3.63, 3.8) is 0 Å². The van der Waals surface area contributed by atoms with Crippen molar-refractivity contribution in [2.45, 2.75) is 13.5 Å². The van der Waals surface area contributed by atoms with Crippen LogP contribution in [0.3, 0.4) is 0 Å². The van der Waals surface area contributed by atoms with Crippen LogP contribution in [0, 0.1) is 6.92 Å². The molecule has 0 unspecified atom stereocenters. The molecule has 1 N–H and O–H groups in total. The van der Waals surface area contributed by atoms with E-state index in [-0.39, 0.29) is 5.91 Å². The smallest absolute Gasteiger partial charge is 0.255 e. The molecule has 3 aromatic rings. The van der Waals surface area contributed by atoms with Gasteiger partial charge in [-0.2, -0.15) is 0 Å². The Kier molecular flexibility index (Phi) is 4.92. The number of aryl methyl sites for hydroxylation is 1. The van der Waals surface area contributed by atoms with Crippen molar-refractivity contribution in [2.75, 3.05) is 5.32 Å². The van der Waals surface area contributed by atoms with Crippen LogP contribution in [0.25, 0.3) is 0 Å². The molecule has 24 heavy (non-hydrogen) atoms. The molecule has 0 heterocycles. The predicted molar refractivity (Wildman–Crippen MR) is 96.3 cm³/mol. The van der Waals surface area contributed by atoms with Gasteiger partial charge in [0.25, 0.3) is 5.91 Å². The second kappa shape index (κ2) is 7.47. The maximum Gasteiger partial charge on any atom is 0.255 e. The van der Waals surface area contributed by atoms with E-state index < -0.39 is 0 Å². The van der Waals surface area contributed by atoms with Crippen molar-refractivity contribution in [2.24, 2.45) is 0 Å². The molecule has 120 valence electrons. The summed E-state index contributed by atoms with van der Waals surface area (Å²) in [5, 5.41) is 2.93. The second-order valence-electron chi connectivity index (χ2n) is 5.59. The first kappa shape index (κ1) is 15.8. The molecule has 0 aliphatic heterocycles. The summed E-state index contributed by atoms with van der Waals surface area (Å²) in [6.07, 6.45) is 0. The van der Waals surface area contributed by atoms with Gasteiger partial charge in [-0.1, -0.05) is 60.2 Å². The number of nitrogens with one attached hydrogen (secondary N) is 1. The topological polar surface area (TPSA) is 38.3 Å². The lowest BCUT2D eigenvalue weighted by atomic mass is 10.1. The van der Waals surface area contributed by atoms with E-state index in [4.69, 9.17) is 4.74 Å². The Bertz CT molecular complexity index is 828. The van der Waals surface area contributed by atoms with E-state index in [2.05, 4.69) is 5.32 Å². The van der Waals surface area contributed by atoms with Crippen molar-refractivity contribution in [3.8, 4) is 5.75 Å². The normalized spacial score (nSPS) is 10.2. The fraction of sp³-hybridized carbons (Fsp3) is 0.0952. The summed E-state index contributed by atoms with van der Waals surface area (Å²) >= 11 is 0. The highest BCUT2D eigenvalue weighted by Crippen LogP contribution is 2.25. The number of ether oxygens (including phenoxy) is 1. The zero-order valence-corrected chi connectivity index (χ0v) is 13.5. The van der Waals surface area contributed by atoms with Gasteiger partial charge in [-0.15, -0.1) is 0 Å². The molecular weight excluding hydrogens is 298 g/mol. The molecule has 0 radical (unpaired) electrons. The van der Waals surface area contributed by atoms with Crippen LogP contribution in [-0.2, 0) is 6.61 Å². The molecule has 3 rings (SSSR count). The summed E-state index contributed by atoms with van der Waals surface area (Å²) in [4.78, 5) is 12.4. The molecule has 0 atom stereocenters. The van der Waals surface area contributed by atoms with Crippen molar-refractivity contribution in [1.29, 1.82) is 0 Å². The van der Waals surface area contributed by atoms with Gasteiger partial charge in [0, 0.05) is 5.56 Å². The van der Waals surface area contributed by atoms with E-state index in [1.807, 2.05) is 79.7 Å². The summed E-state index contributed by atoms with van der Waals surface area (Å²) in [7, 11) is 0. The number of carbonyl (C=O) groups excluding carboxylic acids is 1. The second-order valence-corrected chi connectivity index (χ2v) is 5.59. The van der Waals surface area contributed by atoms with Crippen LogP contribution in [0.15, 0.2) is 78.9 Å². The fourth-order valence-corrected chi connectivity index (χ4v) is 2.41. The number of hydrogen-bond acceptors (Lipinski definition) is 2. The van der Waals surface area contributed by atoms with Gasteiger partial charge < -0.3 is 10.1 Å². The zero-order chi connectivity index (χ0) is 16.8. The zero-order valence-electron chi connectivity index (χ0n) is 13.5. The molecule has 0 aliphatic rings. The minimum absolute atomic E-state index is 0.144. The van der Waals surface area contributed by atoms with Crippen LogP contribution in [0.4, 0.5) is 5.69 Å². The Labute approximate surface area is 141 Å². The third-order valence-corrected chi connectivity index (χ3v) is 3.65. The van der Waals surface area contributed by atoms with Gasteiger partial charge in [0.05, 0.1) is 5.69 Å². The summed E-state index contributed by atoms with van der Waals surface area (Å²) in [5.41, 5.74) is 3.43. The molecule has 1 amide bonds. The monoisotopic (exact) mass is 317 g/mol. The summed E-state index contributed by atoms with van der Waals surface area (Å²) in [6, 6.07) is 24.9. The van der Waals surface area contributed by atoms with Crippen molar-refractivity contribution in [3.05, 3.63) is 95.6 Å². The van der Waals surface area contributed by atoms with Gasteiger partial charge in [-0.25, -0.2) is 0 Å². The lowest BCUT2D eigenvalue weighted by Crippen LogP contribution is -2.13. The van der Waals surface area contributed by atoms with Crippen molar-refractivity contribution in [1.82, 2.24) is 0 Å². The quantitative estimate of drug-likeness (QED) is 0.732. The molecule has 3 heteroatoms. The van der Waals surface area contributed by atoms with Crippen LogP contribution >= 0.6 is 0 Å². The van der Waals surface area contributed by atoms with Crippen LogP contribution in [0.2, 0.25) is 0 Å². The Morgan fingerprint density at radius 2 is 1.67 bits per heavy atom. The van der Waals surface area contributed by atoms with E-state index in [1.165, 1.54) is 0 Å². The minimum Gasteiger partial charge on any atom is -0.487 e. The number of hydrogen-bond donors (Lipinski definition) is 1. The lowest BCUT2D eigenvalue weighted by Gasteiger charge is -2.13. The van der Waals surface area contributed by atoms with Gasteiger partial charge >= 0.3 is 0 Å². The molecule has 0 saturated carbocycles. The van der Waals surface area contributed by atoms with Gasteiger partial charge in [-0.3, -0.25) is 4.79 Å². The number of carbonyl (C=O) groups is 1. The summed E-state index contributed by atoms with van der Waals surface area (Å²) in [5.74, 6) is 0.511. The average molecular weight is 317 g/mol. The van der Waals surface area contributed by atoms with Crippen molar-refractivity contribution >= 4 is 11.6 Å². The highest BCUT2D eigenvalue weighted by molar-refractivity contribution is 6.05. The maximum atomic E-state index is 12.4. The predicted octanol–water partition coefficient (Wildman–Crippen LogP) is 4.83. The Morgan fingerprint density at radius 3 is 2.46 bits per heavy atom. The van der Waals surface area contributed by atoms with E-state index in [0.717, 1.165) is 11.1 Å². The summed E-state index contributed by atoms with van der Waals surface area (Å²) < 4.78 is 5.87. The Balaban J connectivity index is 1.73. The van der Waals surface area contributed by atoms with Gasteiger partial charge in [-0.05, 0) is 36.8 Å². The fourth-order valence-electron chi connectivity index (χ4n) is 2.41. The Hall–Kier alpha value is -3.07. The molecular formula is C21H19NO2. The van der Waals surface area contributed by atoms with Gasteiger partial charge in [0.2, 0.25) is 0 Å². The average Bonchev–Trinajstić information content (AvgIpc) is 2.62. The highest BCUT2D eigenvalue weighted by Gasteiger charge is 2.10. The number of amides is 1. The van der Waals surface area contributed by atoms with E-state index in [1.54, 1.807) is 6.07 Å². The standard InChI is InChI=1S/C21H19NO2/c1-16-8-7-11-18(14-16)21(23)22-19-12-5-6-13-20(19)24-15-17-9-3-2-4-10-17/h2-14H,15H2,1H3,(H,22,23). The molecule has 0 aromatic heterocycles. The first-order valence-electron chi connectivity index (χ1n) is 7.86. The number of benzene rings is 3. The number of rotatable bonds is 5. The number of anilines is 1. The van der Waals surface area contributed by atoms with Crippen LogP contribution < -0.4 is 10.1 Å². The molecule has 3 nitrogen and oxygen atoms in total. The maximum absolute atomic E-state index is 12.4. The molecule has 0 saturated heterocycles. The summed E-state index contributed by atoms with van der Waals surface area (Å²) in [6.45, 7) is 2.42. The first-order chi connectivity index (χ1) is 11.7. The van der Waals surface area contributed by atoms with Crippen molar-refractivity contribution < 1.29 is 9.53 Å². The molecule has 0 bridgehead atoms. The SMILES string of the molecule is Cc1cccc(C(=O)Nc2ccccc2OCc2ccccc2)c1. The molecule has 0 fully saturated rings. The van der Waals surface area contributed by atoms with E-state index >= 15 is 0 Å². The third-order valence-electron chi connectivity index (χ3n) is 3.65. The van der Waals surface area contributed by atoms with Gasteiger partial charge in [0.1, 0.15) is 12.4 Å². The minimum atomic E-state index is -0.144. The van der Waals surface area contributed by atoms with Crippen LogP contribution in [0.1, 0.15) is 21.5 Å². The van der Waals surface area contributed by atoms with Crippen LogP contribution in [0.5, 0.6) is 5.75 Å².